The maximum atomic E-state index is 15.0. The molecule has 440 valence electrons. The summed E-state index contributed by atoms with van der Waals surface area (Å²) in [5.74, 6) is -0.167. The fourth-order valence-electron chi connectivity index (χ4n) is 13.7. The van der Waals surface area contributed by atoms with Gasteiger partial charge in [0.25, 0.3) is 17.7 Å². The fourth-order valence-corrected chi connectivity index (χ4v) is 15.3. The van der Waals surface area contributed by atoms with Gasteiger partial charge in [0.1, 0.15) is 29.6 Å². The molecule has 2 aliphatic carbocycles. The number of para-hydroxylation sites is 1. The van der Waals surface area contributed by atoms with Crippen LogP contribution in [0.5, 0.6) is 5.88 Å². The smallest absolute Gasteiger partial charge is 0.273 e. The summed E-state index contributed by atoms with van der Waals surface area (Å²) in [5, 5.41) is 26.7. The van der Waals surface area contributed by atoms with E-state index in [1.54, 1.807) is 17.4 Å². The summed E-state index contributed by atoms with van der Waals surface area (Å²) in [5.41, 5.74) is 11.1. The summed E-state index contributed by atoms with van der Waals surface area (Å²) in [7, 11) is 0. The number of pyridine rings is 1. The van der Waals surface area contributed by atoms with Crippen molar-refractivity contribution in [3.05, 3.63) is 142 Å². The lowest BCUT2D eigenvalue weighted by molar-refractivity contribution is -0.141. The molecular weight excluding hydrogens is 1110 g/mol. The van der Waals surface area contributed by atoms with E-state index in [4.69, 9.17) is 19.3 Å². The van der Waals surface area contributed by atoms with Crippen LogP contribution in [0, 0.1) is 31.1 Å². The molecule has 4 atom stereocenters. The van der Waals surface area contributed by atoms with Crippen molar-refractivity contribution in [2.75, 3.05) is 36.4 Å². The molecule has 0 unspecified atom stereocenters. The number of thiazole rings is 2. The van der Waals surface area contributed by atoms with Crippen molar-refractivity contribution in [1.82, 2.24) is 45.0 Å². The van der Waals surface area contributed by atoms with Crippen molar-refractivity contribution >= 4 is 67.5 Å². The van der Waals surface area contributed by atoms with Gasteiger partial charge in [-0.05, 0) is 122 Å². The van der Waals surface area contributed by atoms with E-state index in [9.17, 15) is 19.5 Å². The van der Waals surface area contributed by atoms with Crippen molar-refractivity contribution in [3.63, 3.8) is 0 Å². The molecule has 2 saturated carbocycles. The van der Waals surface area contributed by atoms with Gasteiger partial charge in [-0.1, -0.05) is 93.0 Å². The van der Waals surface area contributed by atoms with E-state index < -0.39 is 18.1 Å². The first-order chi connectivity index (χ1) is 41.1. The quantitative estimate of drug-likeness (QED) is 0.0822. The Labute approximate surface area is 502 Å². The van der Waals surface area contributed by atoms with Crippen LogP contribution in [0.2, 0.25) is 0 Å². The Morgan fingerprint density at radius 1 is 0.918 bits per heavy atom. The molecule has 3 aromatic carbocycles. The number of nitrogens with zero attached hydrogens (tertiary/aromatic N) is 9. The predicted octanol–water partition coefficient (Wildman–Crippen LogP) is 10.9. The lowest BCUT2D eigenvalue weighted by atomic mass is 9.61. The highest BCUT2D eigenvalue weighted by molar-refractivity contribution is 7.22. The second-order valence-electron chi connectivity index (χ2n) is 24.6. The molecule has 2 saturated heterocycles. The third-order valence-corrected chi connectivity index (χ3v) is 20.3. The topological polar surface area (TPSA) is 214 Å². The first-order valence-electron chi connectivity index (χ1n) is 29.9. The van der Waals surface area contributed by atoms with Crippen LogP contribution >= 0.6 is 22.7 Å². The minimum atomic E-state index is -0.867. The minimum absolute atomic E-state index is 0.0230. The van der Waals surface area contributed by atoms with Crippen LogP contribution in [0.15, 0.2) is 101 Å². The summed E-state index contributed by atoms with van der Waals surface area (Å²) in [6.45, 7) is 12.9. The van der Waals surface area contributed by atoms with Gasteiger partial charge in [-0.15, -0.1) is 11.3 Å². The first kappa shape index (κ1) is 56.3. The lowest BCUT2D eigenvalue weighted by Gasteiger charge is -2.58. The maximum absolute atomic E-state index is 15.0. The number of likely N-dealkylation sites (tertiary alicyclic amines) is 2. The Morgan fingerprint density at radius 3 is 2.48 bits per heavy atom. The number of fused-ring (bicyclic) bond motifs is 2. The number of aliphatic hydroxyl groups is 1. The van der Waals surface area contributed by atoms with Gasteiger partial charge in [0, 0.05) is 79.6 Å². The Bertz CT molecular complexity index is 3780. The van der Waals surface area contributed by atoms with Gasteiger partial charge in [0.2, 0.25) is 11.8 Å². The van der Waals surface area contributed by atoms with Crippen LogP contribution in [-0.4, -0.2) is 113 Å². The molecule has 5 aromatic heterocycles. The van der Waals surface area contributed by atoms with E-state index in [1.165, 1.54) is 48.3 Å². The third-order valence-electron chi connectivity index (χ3n) is 18.3. The predicted molar refractivity (Wildman–Crippen MR) is 327 cm³/mol. The number of aliphatic hydroxyl groups excluding tert-OH is 1. The number of anilines is 2. The zero-order chi connectivity index (χ0) is 58.7. The Hall–Kier alpha value is -7.81. The van der Waals surface area contributed by atoms with Crippen LogP contribution in [-0.2, 0) is 29.1 Å². The number of amides is 4. The number of hydrogen-bond acceptors (Lipinski definition) is 15. The number of nitrogens with one attached hydrogen (secondary N) is 2. The minimum Gasteiger partial charge on any atom is -0.472 e. The Morgan fingerprint density at radius 2 is 1.72 bits per heavy atom. The number of aromatic nitrogens is 6. The molecule has 0 radical (unpaired) electrons. The second-order valence-corrected chi connectivity index (χ2v) is 26.5. The molecule has 0 bridgehead atoms. The molecule has 4 amide bonds. The standard InChI is InChI=1S/C65H71N11O7S2/c1-37(2)57(62(80)75-32-45(77)26-52(75)61(79)68-38(3)42-18-20-44(21-19-42)59-39(4)66-36-84-59)53-27-56(72-83-53)82-46-28-65(29-46)34-74(35-65)63(81)58-47(49-30-67-76(40(49)5)31-41-12-7-6-8-13-41)22-23-55(70-58)73-25-24-43-14-11-15-48(50(43)33-73)60(78)71-64-69-51-16-9-10-17-54(51)85-64/h9-11,14-23,27,30,36-38,41,45-46,52,57,77H,6-8,12-13,24-26,28-29,31-35H2,1-5H3,(H,68,79)(H,69,71,78)/t38-,45+,52-,57+/m0/s1. The molecule has 8 aromatic rings. The van der Waals surface area contributed by atoms with Gasteiger partial charge in [-0.3, -0.25) is 29.2 Å². The van der Waals surface area contributed by atoms with Crippen LogP contribution in [0.25, 0.3) is 31.8 Å². The number of β-amino-alcohol motifs (C(OH)–C–C–N with tert-alkyl or cyclic N) is 1. The van der Waals surface area contributed by atoms with Crippen molar-refractivity contribution in [2.24, 2.45) is 17.3 Å². The van der Waals surface area contributed by atoms with Crippen LogP contribution in [0.4, 0.5) is 10.9 Å². The Balaban J connectivity index is 0.670. The van der Waals surface area contributed by atoms with Gasteiger partial charge in [0.15, 0.2) is 10.9 Å². The second kappa shape index (κ2) is 23.2. The lowest BCUT2D eigenvalue weighted by Crippen LogP contribution is -2.66. The maximum Gasteiger partial charge on any atom is 0.273 e. The monoisotopic (exact) mass is 1180 g/mol. The van der Waals surface area contributed by atoms with Crippen molar-refractivity contribution < 1.29 is 33.5 Å². The van der Waals surface area contributed by atoms with Gasteiger partial charge >= 0.3 is 0 Å². The molecule has 8 heterocycles. The highest BCUT2D eigenvalue weighted by Crippen LogP contribution is 2.51. The molecular formula is C65H71N11O7S2. The third kappa shape index (κ3) is 11.2. The zero-order valence-electron chi connectivity index (χ0n) is 48.6. The zero-order valence-corrected chi connectivity index (χ0v) is 50.3. The number of benzene rings is 3. The van der Waals surface area contributed by atoms with Crippen LogP contribution < -0.4 is 20.3 Å². The van der Waals surface area contributed by atoms with Crippen LogP contribution in [0.3, 0.4) is 0 Å². The normalized spacial score (nSPS) is 19.4. The number of aryl methyl sites for hydroxylation is 1. The Kier molecular flexibility index (Phi) is 15.4. The van der Waals surface area contributed by atoms with Gasteiger partial charge in [-0.2, -0.15) is 5.10 Å². The van der Waals surface area contributed by atoms with E-state index in [-0.39, 0.29) is 66.0 Å². The molecule has 13 rings (SSSR count). The number of hydrogen-bond donors (Lipinski definition) is 3. The van der Waals surface area contributed by atoms with E-state index in [2.05, 4.69) is 48.3 Å². The number of ether oxygens (including phenoxy) is 1. The van der Waals surface area contributed by atoms with Gasteiger partial charge < -0.3 is 34.4 Å². The van der Waals surface area contributed by atoms with Crippen molar-refractivity contribution in [1.29, 1.82) is 0 Å². The summed E-state index contributed by atoms with van der Waals surface area (Å²) in [6, 6.07) is 26.2. The van der Waals surface area contributed by atoms with Crippen molar-refractivity contribution in [2.45, 2.75) is 136 Å². The highest BCUT2D eigenvalue weighted by atomic mass is 32.1. The number of carbonyl (C=O) groups excluding carboxylic acids is 4. The van der Waals surface area contributed by atoms with E-state index in [0.717, 1.165) is 66.4 Å². The summed E-state index contributed by atoms with van der Waals surface area (Å²) in [6.07, 6.45) is 9.26. The largest absolute Gasteiger partial charge is 0.472 e. The molecule has 85 heavy (non-hydrogen) atoms. The van der Waals surface area contributed by atoms with Crippen molar-refractivity contribution in [3.8, 4) is 27.4 Å². The number of rotatable bonds is 16. The summed E-state index contributed by atoms with van der Waals surface area (Å²) in [4.78, 5) is 78.3. The van der Waals surface area contributed by atoms with Crippen LogP contribution in [0.1, 0.15) is 139 Å². The summed E-state index contributed by atoms with van der Waals surface area (Å²) >= 11 is 3.03. The SMILES string of the molecule is Cc1ncsc1-c1ccc([C@H](C)NC(=O)[C@@H]2C[C@@H](O)CN2C(=O)[C@@H](c2cc(OC3CC4(C3)CN(C(=O)c3nc(N5CCc6cccc(C(=O)Nc7nc8ccccc8s7)c6C5)ccc3-c3cnn(CC5CCCCC5)c3C)C4)no2)C(C)C)cc1. The van der Waals surface area contributed by atoms with E-state index in [0.29, 0.717) is 79.3 Å². The average molecular weight is 1180 g/mol. The van der Waals surface area contributed by atoms with E-state index in [1.807, 2.05) is 117 Å². The molecule has 20 heteroatoms. The average Bonchev–Trinajstić information content (AvgIpc) is 2.35. The first-order valence-corrected chi connectivity index (χ1v) is 31.6. The number of carbonyl (C=O) groups is 4. The molecule has 18 nitrogen and oxygen atoms in total. The van der Waals surface area contributed by atoms with E-state index >= 15 is 4.79 Å². The van der Waals surface area contributed by atoms with Gasteiger partial charge in [0.05, 0.1) is 44.6 Å². The molecule has 1 spiro atoms. The summed E-state index contributed by atoms with van der Waals surface area (Å²) < 4.78 is 15.4. The molecule has 5 aliphatic rings. The van der Waals surface area contributed by atoms with Gasteiger partial charge in [-0.25, -0.2) is 15.0 Å². The fraction of sp³-hybridized carbons (Fsp3) is 0.431. The molecule has 3 N–H and O–H groups in total. The molecule has 3 aliphatic heterocycles. The molecule has 4 fully saturated rings. The highest BCUT2D eigenvalue weighted by Gasteiger charge is 2.55.